The summed E-state index contributed by atoms with van der Waals surface area (Å²) in [5.41, 5.74) is 30.7. The molecule has 9 heteroatoms. The predicted octanol–water partition coefficient (Wildman–Crippen LogP) is 32.9. The zero-order valence-electron chi connectivity index (χ0n) is 73.3. The zero-order chi connectivity index (χ0) is 89.2. The third-order valence-electron chi connectivity index (χ3n) is 28.2. The van der Waals surface area contributed by atoms with Crippen LogP contribution >= 0.6 is 0 Å². The summed E-state index contributed by atoms with van der Waals surface area (Å²) < 4.78 is 4.37. The molecule has 0 amide bonds. The molecule has 136 heavy (non-hydrogen) atoms. The monoisotopic (exact) mass is 1730 g/mol. The Morgan fingerprint density at radius 1 is 0.140 bits per heavy atom. The summed E-state index contributed by atoms with van der Waals surface area (Å²) in [7, 11) is 0. The smallest absolute Gasteiger partial charge is 0.240 e. The first kappa shape index (κ1) is 76.5. The van der Waals surface area contributed by atoms with E-state index in [-0.39, 0.29) is 0 Å². The SMILES string of the molecule is c1ccc2c(c1)-c1cccc3c(-c4cncc(-c5ccc6cc(-c7ccc8ccccc8c7)ccc6c5)c4)ccc-2c13.c1ccc2c(c1)-c1cccc3c(-c4nc(-n5c6ccccc6c6ccccc65)nc(-n5c6ccccc6c6ccccc65)n4)ccc-2c13.c1ccc2cc(-c3nc(-c4ccc5ccccc5c4)nc(-c4ccc5c6c(cccc46)-c4cc6ccccc6cc4-5)n3)ccc2c1. The van der Waals surface area contributed by atoms with Crippen molar-refractivity contribution in [3.63, 3.8) is 0 Å². The van der Waals surface area contributed by atoms with Gasteiger partial charge in [-0.05, 0) is 260 Å². The van der Waals surface area contributed by atoms with Crippen LogP contribution in [0.4, 0.5) is 0 Å². The molecule has 0 unspecified atom stereocenters. The van der Waals surface area contributed by atoms with Crippen molar-refractivity contribution >= 4 is 130 Å². The average molecular weight is 1730 g/mol. The maximum absolute atomic E-state index is 5.32. The van der Waals surface area contributed by atoms with E-state index < -0.39 is 0 Å². The van der Waals surface area contributed by atoms with Gasteiger partial charge >= 0.3 is 0 Å². The fourth-order valence-corrected chi connectivity index (χ4v) is 21.9. The number of hydrogen-bond acceptors (Lipinski definition) is 7. The lowest BCUT2D eigenvalue weighted by atomic mass is 9.93. The van der Waals surface area contributed by atoms with Gasteiger partial charge in [-0.25, -0.2) is 15.0 Å². The Kier molecular flexibility index (Phi) is 17.3. The molecule has 0 aliphatic heterocycles. The number of aromatic nitrogens is 9. The van der Waals surface area contributed by atoms with Crippen LogP contribution in [0.3, 0.4) is 0 Å². The first-order valence-electron chi connectivity index (χ1n) is 46.3. The first-order chi connectivity index (χ1) is 67.4. The van der Waals surface area contributed by atoms with Gasteiger partial charge in [0, 0.05) is 67.3 Å². The van der Waals surface area contributed by atoms with Gasteiger partial charge in [-0.15, -0.1) is 0 Å². The van der Waals surface area contributed by atoms with Gasteiger partial charge in [0.05, 0.1) is 22.1 Å². The third-order valence-corrected chi connectivity index (χ3v) is 28.2. The van der Waals surface area contributed by atoms with Crippen LogP contribution in [0.2, 0.25) is 0 Å². The summed E-state index contributed by atoms with van der Waals surface area (Å²) in [6.07, 6.45) is 3.97. The van der Waals surface area contributed by atoms with Crippen LogP contribution in [-0.2, 0) is 0 Å². The van der Waals surface area contributed by atoms with E-state index in [1.54, 1.807) is 0 Å². The molecule has 9 nitrogen and oxygen atoms in total. The molecule has 0 atom stereocenters. The predicted molar refractivity (Wildman–Crippen MR) is 564 cm³/mol. The van der Waals surface area contributed by atoms with Gasteiger partial charge in [0.25, 0.3) is 0 Å². The van der Waals surface area contributed by atoms with E-state index >= 15 is 0 Å². The number of rotatable bonds is 9. The standard InChI is InChI=1S/C43H25N5.C43H25N3.C41H25N/c1-2-13-27-26(12-1)32-18-11-19-33-35(25-24-34(27)40(32)33)41-44-42(47-36-20-7-3-14-28(36)29-15-4-8-21-37(29)47)46-43(45-41)48-38-22-9-5-16-30(38)31-17-6-10-23-39(31)48;1-3-10-28-22-32(18-16-26(28)8-1)41-44-42(33-19-17-27-9-2-4-11-29(27)23-33)46-43(45-41)37-21-20-36-39-25-31-13-6-5-12-30(31)24-38(39)35-15-7-14-34(37)40(35)36;1-2-7-27-20-28(13-12-26(27)6-1)29-14-15-31-22-32(17-16-30(31)21-29)33-23-34(25-42-24-33)35-18-19-40-37-9-4-3-8-36(37)39-11-5-10-38(35)41(39)40/h1-25H;1-25H;1-25H. The summed E-state index contributed by atoms with van der Waals surface area (Å²) in [6.45, 7) is 0. The highest BCUT2D eigenvalue weighted by Gasteiger charge is 2.30. The Morgan fingerprint density at radius 2 is 0.404 bits per heavy atom. The average Bonchev–Trinajstić information content (AvgIpc) is 1.57. The van der Waals surface area contributed by atoms with Crippen molar-refractivity contribution in [2.24, 2.45) is 0 Å². The number of hydrogen-bond donors (Lipinski definition) is 0. The highest BCUT2D eigenvalue weighted by atomic mass is 15.3. The van der Waals surface area contributed by atoms with Crippen LogP contribution in [0.5, 0.6) is 0 Å². The Hall–Kier alpha value is -18.3. The molecule has 3 aliphatic rings. The Labute approximate surface area is 781 Å². The molecular formula is C127H75N9. The summed E-state index contributed by atoms with van der Waals surface area (Å²) >= 11 is 0. The molecule has 0 saturated carbocycles. The molecule has 628 valence electrons. The first-order valence-corrected chi connectivity index (χ1v) is 46.3. The van der Waals surface area contributed by atoms with Gasteiger partial charge in [0.15, 0.2) is 23.3 Å². The Morgan fingerprint density at radius 3 is 0.824 bits per heavy atom. The normalized spacial score (nSPS) is 12.0. The maximum Gasteiger partial charge on any atom is 0.240 e. The largest absolute Gasteiger partial charge is 0.278 e. The van der Waals surface area contributed by atoms with Crippen molar-refractivity contribution in [3.8, 4) is 158 Å². The van der Waals surface area contributed by atoms with Gasteiger partial charge in [-0.2, -0.15) is 15.0 Å². The van der Waals surface area contributed by atoms with Gasteiger partial charge in [-0.1, -0.05) is 358 Å². The Bertz CT molecular complexity index is 9360. The number of pyridine rings is 1. The van der Waals surface area contributed by atoms with Crippen molar-refractivity contribution in [2.75, 3.05) is 0 Å². The molecule has 5 aromatic heterocycles. The van der Waals surface area contributed by atoms with Crippen LogP contribution < -0.4 is 0 Å². The third kappa shape index (κ3) is 12.3. The van der Waals surface area contributed by atoms with Gasteiger partial charge < -0.3 is 0 Å². The second-order valence-electron chi connectivity index (χ2n) is 35.7. The van der Waals surface area contributed by atoms with E-state index in [1.165, 1.54) is 154 Å². The van der Waals surface area contributed by atoms with Gasteiger partial charge in [0.1, 0.15) is 0 Å². The number of benzene rings is 22. The molecule has 0 N–H and O–H groups in total. The minimum atomic E-state index is 0.584. The molecule has 30 rings (SSSR count). The number of fused-ring (bicyclic) bond motifs is 20. The van der Waals surface area contributed by atoms with Crippen molar-refractivity contribution in [2.45, 2.75) is 0 Å². The fraction of sp³-hybridized carbons (Fsp3) is 0. The zero-order valence-corrected chi connectivity index (χ0v) is 73.3. The van der Waals surface area contributed by atoms with E-state index in [4.69, 9.17) is 34.9 Å². The summed E-state index contributed by atoms with van der Waals surface area (Å²) in [4.78, 5) is 36.1. The van der Waals surface area contributed by atoms with Crippen LogP contribution in [0.25, 0.3) is 287 Å². The van der Waals surface area contributed by atoms with Crippen molar-refractivity contribution < 1.29 is 0 Å². The lowest BCUT2D eigenvalue weighted by Crippen LogP contribution is -2.10. The summed E-state index contributed by atoms with van der Waals surface area (Å²) in [5.74, 6) is 3.81. The summed E-state index contributed by atoms with van der Waals surface area (Å²) in [5, 5.41) is 24.3. The minimum Gasteiger partial charge on any atom is -0.278 e. The molecule has 22 aromatic carbocycles. The maximum atomic E-state index is 5.32. The van der Waals surface area contributed by atoms with Crippen LogP contribution in [0, 0.1) is 0 Å². The van der Waals surface area contributed by atoms with Crippen molar-refractivity contribution in [1.29, 1.82) is 0 Å². The van der Waals surface area contributed by atoms with Crippen LogP contribution in [-0.4, -0.2) is 44.0 Å². The molecule has 3 aliphatic carbocycles. The highest BCUT2D eigenvalue weighted by molar-refractivity contribution is 6.23. The lowest BCUT2D eigenvalue weighted by molar-refractivity contribution is 0.893. The number of nitrogens with zero attached hydrogens (tertiary/aromatic N) is 9. The van der Waals surface area contributed by atoms with Crippen molar-refractivity contribution in [3.05, 3.63) is 455 Å². The van der Waals surface area contributed by atoms with E-state index in [0.717, 1.165) is 98.5 Å². The molecule has 0 spiro atoms. The van der Waals surface area contributed by atoms with Crippen molar-refractivity contribution in [1.82, 2.24) is 44.0 Å². The van der Waals surface area contributed by atoms with Gasteiger partial charge in [0.2, 0.25) is 11.9 Å². The molecule has 0 bridgehead atoms. The van der Waals surface area contributed by atoms with E-state index in [0.29, 0.717) is 35.2 Å². The quantitative estimate of drug-likeness (QED) is 0.142. The van der Waals surface area contributed by atoms with E-state index in [9.17, 15) is 0 Å². The topological polar surface area (TPSA) is 100 Å². The van der Waals surface area contributed by atoms with Crippen LogP contribution in [0.15, 0.2) is 455 Å². The molecule has 0 saturated heterocycles. The minimum absolute atomic E-state index is 0.584. The van der Waals surface area contributed by atoms with E-state index in [2.05, 4.69) is 452 Å². The molecule has 0 radical (unpaired) electrons. The molecule has 27 aromatic rings. The number of para-hydroxylation sites is 4. The highest BCUT2D eigenvalue weighted by Crippen LogP contribution is 2.54. The van der Waals surface area contributed by atoms with E-state index in [1.807, 2.05) is 12.4 Å². The second-order valence-corrected chi connectivity index (χ2v) is 35.7. The fourth-order valence-electron chi connectivity index (χ4n) is 21.9. The summed E-state index contributed by atoms with van der Waals surface area (Å²) in [6, 6.07) is 159. The molecule has 5 heterocycles. The van der Waals surface area contributed by atoms with Gasteiger partial charge in [-0.3, -0.25) is 14.1 Å². The molecular weight excluding hydrogens is 1650 g/mol. The Balaban J connectivity index is 0.000000101. The molecule has 0 fully saturated rings. The van der Waals surface area contributed by atoms with Crippen LogP contribution in [0.1, 0.15) is 0 Å². The lowest BCUT2D eigenvalue weighted by Gasteiger charge is -2.14. The second kappa shape index (κ2) is 30.7.